The van der Waals surface area contributed by atoms with E-state index in [1.807, 2.05) is 19.1 Å². The normalized spacial score (nSPS) is 27.7. The summed E-state index contributed by atoms with van der Waals surface area (Å²) >= 11 is 0. The maximum absolute atomic E-state index is 9.93. The first-order valence-corrected chi connectivity index (χ1v) is 4.97. The van der Waals surface area contributed by atoms with Crippen LogP contribution in [0, 0.1) is 6.20 Å². The summed E-state index contributed by atoms with van der Waals surface area (Å²) in [7, 11) is 0. The van der Waals surface area contributed by atoms with Crippen LogP contribution in [0.4, 0.5) is 5.69 Å². The molecule has 0 amide bonds. The quantitative estimate of drug-likeness (QED) is 0.725. The summed E-state index contributed by atoms with van der Waals surface area (Å²) in [5.74, 6) is 0. The first-order valence-electron chi connectivity index (χ1n) is 4.97. The van der Waals surface area contributed by atoms with E-state index >= 15 is 0 Å². The van der Waals surface area contributed by atoms with E-state index in [-0.39, 0.29) is 0 Å². The van der Waals surface area contributed by atoms with Gasteiger partial charge in [0.15, 0.2) is 0 Å². The van der Waals surface area contributed by atoms with Crippen molar-refractivity contribution in [1.82, 2.24) is 4.98 Å². The number of pyridine rings is 1. The van der Waals surface area contributed by atoms with Crippen molar-refractivity contribution in [3.8, 4) is 0 Å². The van der Waals surface area contributed by atoms with Crippen LogP contribution < -0.4 is 4.90 Å². The van der Waals surface area contributed by atoms with Gasteiger partial charge in [-0.25, -0.2) is 0 Å². The maximum Gasteiger partial charge on any atom is 0.114 e. The number of β-amino-alcohol motifs (C(OH)–C–C–N with tert-alkyl or cyclic N) is 1. The Hall–Kier alpha value is -1.09. The number of anilines is 1. The zero-order valence-corrected chi connectivity index (χ0v) is 8.40. The van der Waals surface area contributed by atoms with Crippen LogP contribution in [0.25, 0.3) is 0 Å². The summed E-state index contributed by atoms with van der Waals surface area (Å²) in [6.45, 7) is 3.54. The highest BCUT2D eigenvalue weighted by Crippen LogP contribution is 2.24. The molecule has 1 radical (unpaired) electrons. The van der Waals surface area contributed by atoms with Crippen molar-refractivity contribution in [2.24, 2.45) is 0 Å². The summed E-state index contributed by atoms with van der Waals surface area (Å²) in [4.78, 5) is 6.09. The Morgan fingerprint density at radius 1 is 1.64 bits per heavy atom. The number of hydrogen-bond acceptors (Lipinski definition) is 3. The van der Waals surface area contributed by atoms with E-state index in [0.717, 1.165) is 25.1 Å². The Balaban J connectivity index is 2.12. The third-order valence-electron chi connectivity index (χ3n) is 2.61. The van der Waals surface area contributed by atoms with E-state index in [1.54, 1.807) is 6.20 Å². The van der Waals surface area contributed by atoms with E-state index in [2.05, 4.69) is 16.1 Å². The van der Waals surface area contributed by atoms with E-state index in [1.165, 1.54) is 0 Å². The second-order valence-corrected chi connectivity index (χ2v) is 4.16. The van der Waals surface area contributed by atoms with Crippen molar-refractivity contribution in [3.05, 3.63) is 24.5 Å². The highest BCUT2D eigenvalue weighted by atomic mass is 16.3. The van der Waals surface area contributed by atoms with Gasteiger partial charge in [0.25, 0.3) is 0 Å². The molecular weight excluding hydrogens is 176 g/mol. The minimum absolute atomic E-state index is 0.568. The van der Waals surface area contributed by atoms with Crippen molar-refractivity contribution >= 4 is 5.69 Å². The lowest BCUT2D eigenvalue weighted by atomic mass is 9.95. The highest BCUT2D eigenvalue weighted by Gasteiger charge is 2.28. The van der Waals surface area contributed by atoms with Crippen LogP contribution in [-0.4, -0.2) is 28.8 Å². The fraction of sp³-hybridized carbons (Fsp3) is 0.545. The molecule has 1 aromatic rings. The molecule has 1 aliphatic heterocycles. The first-order chi connectivity index (χ1) is 6.67. The summed E-state index contributed by atoms with van der Waals surface area (Å²) in [5.41, 5.74) is 0.412. The zero-order valence-electron chi connectivity index (χ0n) is 8.40. The molecule has 1 atom stereocenters. The maximum atomic E-state index is 9.93. The molecule has 1 aromatic heterocycles. The van der Waals surface area contributed by atoms with Gasteiger partial charge in [0.1, 0.15) is 6.20 Å². The Morgan fingerprint density at radius 3 is 3.14 bits per heavy atom. The molecule has 1 saturated heterocycles. The van der Waals surface area contributed by atoms with E-state index < -0.39 is 5.60 Å². The smallest absolute Gasteiger partial charge is 0.114 e. The standard InChI is InChI=1S/C11H15N2O/c1-11(14)5-3-7-13(9-11)10-4-2-6-12-8-10/h2,4,6,14H,3,5,7,9H2,1H3. The lowest BCUT2D eigenvalue weighted by Crippen LogP contribution is -2.46. The number of aliphatic hydroxyl groups is 1. The average Bonchev–Trinajstić information content (AvgIpc) is 2.18. The molecule has 3 heteroatoms. The van der Waals surface area contributed by atoms with Crippen molar-refractivity contribution in [1.29, 1.82) is 0 Å². The molecule has 1 aliphatic rings. The van der Waals surface area contributed by atoms with Gasteiger partial charge in [-0.05, 0) is 31.9 Å². The Bertz CT molecular complexity index is 297. The lowest BCUT2D eigenvalue weighted by Gasteiger charge is -2.37. The second kappa shape index (κ2) is 3.58. The second-order valence-electron chi connectivity index (χ2n) is 4.16. The fourth-order valence-corrected chi connectivity index (χ4v) is 1.92. The molecular formula is C11H15N2O. The van der Waals surface area contributed by atoms with E-state index in [9.17, 15) is 5.11 Å². The number of hydrogen-bond donors (Lipinski definition) is 1. The van der Waals surface area contributed by atoms with Gasteiger partial charge in [0.05, 0.1) is 11.3 Å². The minimum atomic E-state index is -0.568. The zero-order chi connectivity index (χ0) is 10.0. The van der Waals surface area contributed by atoms with Crippen LogP contribution in [0.15, 0.2) is 18.3 Å². The molecule has 0 spiro atoms. The number of piperidine rings is 1. The van der Waals surface area contributed by atoms with Gasteiger partial charge in [0.2, 0.25) is 0 Å². The van der Waals surface area contributed by atoms with Gasteiger partial charge in [-0.15, -0.1) is 0 Å². The summed E-state index contributed by atoms with van der Waals surface area (Å²) in [5, 5.41) is 9.93. The third kappa shape index (κ3) is 2.04. The molecule has 14 heavy (non-hydrogen) atoms. The monoisotopic (exact) mass is 191 g/mol. The van der Waals surface area contributed by atoms with Crippen molar-refractivity contribution in [2.45, 2.75) is 25.4 Å². The summed E-state index contributed by atoms with van der Waals surface area (Å²) < 4.78 is 0. The van der Waals surface area contributed by atoms with Gasteiger partial charge in [0, 0.05) is 19.3 Å². The Morgan fingerprint density at radius 2 is 2.50 bits per heavy atom. The van der Waals surface area contributed by atoms with Gasteiger partial charge >= 0.3 is 0 Å². The predicted octanol–water partition coefficient (Wildman–Crippen LogP) is 1.23. The van der Waals surface area contributed by atoms with Gasteiger partial charge in [-0.3, -0.25) is 4.98 Å². The van der Waals surface area contributed by atoms with Crippen LogP contribution in [0.2, 0.25) is 0 Å². The van der Waals surface area contributed by atoms with Crippen molar-refractivity contribution in [3.63, 3.8) is 0 Å². The molecule has 2 heterocycles. The van der Waals surface area contributed by atoms with Gasteiger partial charge in [-0.2, -0.15) is 0 Å². The summed E-state index contributed by atoms with van der Waals surface area (Å²) in [6.07, 6.45) is 6.56. The van der Waals surface area contributed by atoms with Crippen molar-refractivity contribution < 1.29 is 5.11 Å². The lowest BCUT2D eigenvalue weighted by molar-refractivity contribution is 0.0449. The van der Waals surface area contributed by atoms with E-state index in [0.29, 0.717) is 6.54 Å². The van der Waals surface area contributed by atoms with Crippen LogP contribution in [-0.2, 0) is 0 Å². The van der Waals surface area contributed by atoms with Crippen molar-refractivity contribution in [2.75, 3.05) is 18.0 Å². The molecule has 1 unspecified atom stereocenters. The molecule has 0 aliphatic carbocycles. The fourth-order valence-electron chi connectivity index (χ4n) is 1.92. The Labute approximate surface area is 84.4 Å². The predicted molar refractivity (Wildman–Crippen MR) is 55.1 cm³/mol. The third-order valence-corrected chi connectivity index (χ3v) is 2.61. The molecule has 1 fully saturated rings. The first kappa shape index (κ1) is 9.46. The average molecular weight is 191 g/mol. The number of nitrogens with zero attached hydrogens (tertiary/aromatic N) is 2. The SMILES string of the molecule is CC1(O)CCCN(c2[c]nccc2)C1. The topological polar surface area (TPSA) is 36.4 Å². The van der Waals surface area contributed by atoms with Gasteiger partial charge < -0.3 is 10.0 Å². The largest absolute Gasteiger partial charge is 0.388 e. The number of aromatic nitrogens is 1. The van der Waals surface area contributed by atoms with Crippen LogP contribution >= 0.6 is 0 Å². The van der Waals surface area contributed by atoms with Crippen LogP contribution in [0.3, 0.4) is 0 Å². The van der Waals surface area contributed by atoms with E-state index in [4.69, 9.17) is 0 Å². The molecule has 75 valence electrons. The molecule has 0 bridgehead atoms. The Kier molecular flexibility index (Phi) is 2.42. The summed E-state index contributed by atoms with van der Waals surface area (Å²) in [6, 6.07) is 3.88. The van der Waals surface area contributed by atoms with Crippen LogP contribution in [0.1, 0.15) is 19.8 Å². The van der Waals surface area contributed by atoms with Gasteiger partial charge in [-0.1, -0.05) is 0 Å². The molecule has 0 saturated carbocycles. The molecule has 0 aromatic carbocycles. The number of rotatable bonds is 1. The molecule has 1 N–H and O–H groups in total. The highest BCUT2D eigenvalue weighted by molar-refractivity contribution is 5.43. The minimum Gasteiger partial charge on any atom is -0.388 e. The van der Waals surface area contributed by atoms with Crippen LogP contribution in [0.5, 0.6) is 0 Å². The molecule has 3 nitrogen and oxygen atoms in total. The molecule has 2 rings (SSSR count).